The van der Waals surface area contributed by atoms with Gasteiger partial charge in [0.1, 0.15) is 0 Å². The molecule has 0 saturated carbocycles. The predicted molar refractivity (Wildman–Crippen MR) is 71.5 cm³/mol. The first kappa shape index (κ1) is 11.5. The van der Waals surface area contributed by atoms with Gasteiger partial charge in [-0.2, -0.15) is 0 Å². The third kappa shape index (κ3) is 2.34. The molecule has 96 valence electrons. The molecule has 1 saturated heterocycles. The van der Waals surface area contributed by atoms with E-state index in [0.717, 1.165) is 25.3 Å². The summed E-state index contributed by atoms with van der Waals surface area (Å²) in [5.74, 6) is 0. The van der Waals surface area contributed by atoms with Gasteiger partial charge in [0.25, 0.3) is 0 Å². The van der Waals surface area contributed by atoms with Gasteiger partial charge in [-0.05, 0) is 31.0 Å². The van der Waals surface area contributed by atoms with Crippen molar-refractivity contribution < 1.29 is 4.79 Å². The molecule has 1 fully saturated rings. The number of nitrogens with one attached hydrogen (secondary N) is 2. The standard InChI is InChI=1S/C14H19N3O/c18-14-16-13-7-2-1-5-11(13)9-17(14)10-12-6-3-4-8-15-12/h1-2,5,7,12,15H,3-4,6,8-10H2,(H,16,18)/t12-/m1/s1. The molecular weight excluding hydrogens is 226 g/mol. The normalized spacial score (nSPS) is 23.4. The average Bonchev–Trinajstić information content (AvgIpc) is 2.41. The number of rotatable bonds is 2. The molecule has 4 nitrogen and oxygen atoms in total. The van der Waals surface area contributed by atoms with E-state index in [-0.39, 0.29) is 6.03 Å². The maximum atomic E-state index is 12.0. The lowest BCUT2D eigenvalue weighted by molar-refractivity contribution is 0.194. The molecule has 1 atom stereocenters. The summed E-state index contributed by atoms with van der Waals surface area (Å²) < 4.78 is 0. The second-order valence-corrected chi connectivity index (χ2v) is 5.11. The lowest BCUT2D eigenvalue weighted by atomic mass is 10.0. The Hall–Kier alpha value is -1.55. The Labute approximate surface area is 107 Å². The van der Waals surface area contributed by atoms with E-state index in [1.807, 2.05) is 23.1 Å². The van der Waals surface area contributed by atoms with Crippen LogP contribution in [-0.2, 0) is 6.54 Å². The summed E-state index contributed by atoms with van der Waals surface area (Å²) in [6.45, 7) is 2.61. The van der Waals surface area contributed by atoms with Gasteiger partial charge in [-0.25, -0.2) is 4.79 Å². The Morgan fingerprint density at radius 2 is 2.17 bits per heavy atom. The summed E-state index contributed by atoms with van der Waals surface area (Å²) in [7, 11) is 0. The number of carbonyl (C=O) groups excluding carboxylic acids is 1. The van der Waals surface area contributed by atoms with Gasteiger partial charge >= 0.3 is 6.03 Å². The van der Waals surface area contributed by atoms with Crippen LogP contribution in [0.1, 0.15) is 24.8 Å². The Morgan fingerprint density at radius 1 is 1.28 bits per heavy atom. The predicted octanol–water partition coefficient (Wildman–Crippen LogP) is 2.18. The van der Waals surface area contributed by atoms with E-state index >= 15 is 0 Å². The van der Waals surface area contributed by atoms with Gasteiger partial charge in [-0.3, -0.25) is 0 Å². The van der Waals surface area contributed by atoms with Gasteiger partial charge in [-0.15, -0.1) is 0 Å². The van der Waals surface area contributed by atoms with Crippen LogP contribution in [0.25, 0.3) is 0 Å². The summed E-state index contributed by atoms with van der Waals surface area (Å²) in [4.78, 5) is 13.9. The van der Waals surface area contributed by atoms with E-state index in [2.05, 4.69) is 16.7 Å². The number of benzene rings is 1. The van der Waals surface area contributed by atoms with Crippen LogP contribution in [0.3, 0.4) is 0 Å². The number of amides is 2. The molecule has 4 heteroatoms. The molecule has 0 bridgehead atoms. The fourth-order valence-electron chi connectivity index (χ4n) is 2.75. The number of nitrogens with zero attached hydrogens (tertiary/aromatic N) is 1. The number of carbonyl (C=O) groups is 1. The van der Waals surface area contributed by atoms with Crippen LogP contribution < -0.4 is 10.6 Å². The summed E-state index contributed by atoms with van der Waals surface area (Å²) in [5.41, 5.74) is 2.16. The van der Waals surface area contributed by atoms with Crippen molar-refractivity contribution in [1.29, 1.82) is 0 Å². The molecule has 1 aromatic carbocycles. The summed E-state index contributed by atoms with van der Waals surface area (Å²) >= 11 is 0. The van der Waals surface area contributed by atoms with E-state index < -0.39 is 0 Å². The molecule has 2 aliphatic rings. The Kier molecular flexibility index (Phi) is 3.19. The maximum absolute atomic E-state index is 12.0. The van der Waals surface area contributed by atoms with Gasteiger partial charge in [0.05, 0.1) is 0 Å². The SMILES string of the molecule is O=C1Nc2ccccc2CN1C[C@H]1CCCCN1. The molecule has 0 unspecified atom stereocenters. The van der Waals surface area contributed by atoms with Gasteiger partial charge in [0.2, 0.25) is 0 Å². The third-order valence-corrected chi connectivity index (χ3v) is 3.76. The largest absolute Gasteiger partial charge is 0.322 e. The number of hydrogen-bond acceptors (Lipinski definition) is 2. The van der Waals surface area contributed by atoms with Gasteiger partial charge in [0.15, 0.2) is 0 Å². The monoisotopic (exact) mass is 245 g/mol. The molecule has 0 spiro atoms. The number of anilines is 1. The lowest BCUT2D eigenvalue weighted by Gasteiger charge is -2.34. The Bertz CT molecular complexity index is 440. The molecule has 0 aromatic heterocycles. The van der Waals surface area contributed by atoms with Crippen molar-refractivity contribution in [3.05, 3.63) is 29.8 Å². The van der Waals surface area contributed by atoms with E-state index in [4.69, 9.17) is 0 Å². The highest BCUT2D eigenvalue weighted by molar-refractivity contribution is 5.92. The number of fused-ring (bicyclic) bond motifs is 1. The third-order valence-electron chi connectivity index (χ3n) is 3.76. The highest BCUT2D eigenvalue weighted by atomic mass is 16.2. The van der Waals surface area contributed by atoms with Crippen molar-refractivity contribution in [2.75, 3.05) is 18.4 Å². The van der Waals surface area contributed by atoms with Crippen molar-refractivity contribution in [2.45, 2.75) is 31.8 Å². The molecule has 3 rings (SSSR count). The van der Waals surface area contributed by atoms with Crippen molar-refractivity contribution >= 4 is 11.7 Å². The molecule has 18 heavy (non-hydrogen) atoms. The van der Waals surface area contributed by atoms with Crippen molar-refractivity contribution in [3.63, 3.8) is 0 Å². The average molecular weight is 245 g/mol. The number of piperidine rings is 1. The van der Waals surface area contributed by atoms with E-state index in [1.54, 1.807) is 0 Å². The van der Waals surface area contributed by atoms with Crippen LogP contribution in [0.2, 0.25) is 0 Å². The smallest absolute Gasteiger partial charge is 0.319 e. The molecule has 2 N–H and O–H groups in total. The molecular formula is C14H19N3O. The van der Waals surface area contributed by atoms with Crippen LogP contribution >= 0.6 is 0 Å². The summed E-state index contributed by atoms with van der Waals surface area (Å²) in [5, 5.41) is 6.45. The van der Waals surface area contributed by atoms with Crippen molar-refractivity contribution in [3.8, 4) is 0 Å². The van der Waals surface area contributed by atoms with Crippen molar-refractivity contribution in [2.24, 2.45) is 0 Å². The number of hydrogen-bond donors (Lipinski definition) is 2. The minimum atomic E-state index is 0.0288. The zero-order valence-electron chi connectivity index (χ0n) is 10.5. The summed E-state index contributed by atoms with van der Waals surface area (Å²) in [6, 6.07) is 8.50. The molecule has 2 amide bonds. The van der Waals surface area contributed by atoms with Crippen LogP contribution in [0.15, 0.2) is 24.3 Å². The van der Waals surface area contributed by atoms with Gasteiger partial charge in [0, 0.05) is 24.8 Å². The van der Waals surface area contributed by atoms with Gasteiger partial charge in [-0.1, -0.05) is 24.6 Å². The van der Waals surface area contributed by atoms with E-state index in [1.165, 1.54) is 24.8 Å². The first-order valence-electron chi connectivity index (χ1n) is 6.70. The minimum absolute atomic E-state index is 0.0288. The van der Waals surface area contributed by atoms with Crippen LogP contribution in [-0.4, -0.2) is 30.1 Å². The van der Waals surface area contributed by atoms with E-state index in [9.17, 15) is 4.79 Å². The van der Waals surface area contributed by atoms with Crippen LogP contribution in [0, 0.1) is 0 Å². The van der Waals surface area contributed by atoms with Crippen LogP contribution in [0.4, 0.5) is 10.5 Å². The fourth-order valence-corrected chi connectivity index (χ4v) is 2.75. The first-order valence-corrected chi connectivity index (χ1v) is 6.70. The Morgan fingerprint density at radius 3 is 3.00 bits per heavy atom. The lowest BCUT2D eigenvalue weighted by Crippen LogP contribution is -2.48. The first-order chi connectivity index (χ1) is 8.83. The molecule has 0 aliphatic carbocycles. The highest BCUT2D eigenvalue weighted by Crippen LogP contribution is 2.23. The maximum Gasteiger partial charge on any atom is 0.322 e. The zero-order chi connectivity index (χ0) is 12.4. The minimum Gasteiger partial charge on any atom is -0.319 e. The fraction of sp³-hybridized carbons (Fsp3) is 0.500. The molecule has 1 aromatic rings. The highest BCUT2D eigenvalue weighted by Gasteiger charge is 2.25. The van der Waals surface area contributed by atoms with Gasteiger partial charge < -0.3 is 15.5 Å². The Balaban J connectivity index is 1.68. The quantitative estimate of drug-likeness (QED) is 0.838. The molecule has 2 aliphatic heterocycles. The summed E-state index contributed by atoms with van der Waals surface area (Å²) in [6.07, 6.45) is 3.70. The second-order valence-electron chi connectivity index (χ2n) is 5.11. The topological polar surface area (TPSA) is 44.4 Å². The van der Waals surface area contributed by atoms with Crippen molar-refractivity contribution in [1.82, 2.24) is 10.2 Å². The molecule has 0 radical (unpaired) electrons. The van der Waals surface area contributed by atoms with E-state index in [0.29, 0.717) is 6.04 Å². The molecule has 2 heterocycles. The second kappa shape index (κ2) is 4.98. The van der Waals surface area contributed by atoms with Crippen LogP contribution in [0.5, 0.6) is 0 Å². The zero-order valence-corrected chi connectivity index (χ0v) is 10.5. The number of para-hydroxylation sites is 1. The number of urea groups is 1.